The number of hydrogen-bond donors (Lipinski definition) is 1. The van der Waals surface area contributed by atoms with Gasteiger partial charge >= 0.3 is 0 Å². The third-order valence-electron chi connectivity index (χ3n) is 2.46. The van der Waals surface area contributed by atoms with Crippen molar-refractivity contribution in [2.45, 2.75) is 18.9 Å². The molecule has 0 amide bonds. The van der Waals surface area contributed by atoms with Crippen LogP contribution >= 0.6 is 23.1 Å². The number of hydrogen-bond acceptors (Lipinski definition) is 3. The first-order chi connectivity index (χ1) is 6.36. The van der Waals surface area contributed by atoms with Crippen LogP contribution in [0.1, 0.15) is 18.4 Å². The molecule has 1 aliphatic heterocycles. The highest BCUT2D eigenvalue weighted by molar-refractivity contribution is 8.00. The summed E-state index contributed by atoms with van der Waals surface area (Å²) in [6.45, 7) is 3.42. The first-order valence-corrected chi connectivity index (χ1v) is 6.79. The van der Waals surface area contributed by atoms with Crippen molar-refractivity contribution >= 4 is 23.1 Å². The van der Waals surface area contributed by atoms with Gasteiger partial charge in [0.1, 0.15) is 0 Å². The lowest BCUT2D eigenvalue weighted by molar-refractivity contribution is 0.545. The van der Waals surface area contributed by atoms with Crippen LogP contribution in [0.2, 0.25) is 0 Å². The van der Waals surface area contributed by atoms with Crippen molar-refractivity contribution in [1.82, 2.24) is 5.32 Å². The fourth-order valence-corrected chi connectivity index (χ4v) is 2.86. The second kappa shape index (κ2) is 4.49. The second-order valence-electron chi connectivity index (χ2n) is 3.60. The summed E-state index contributed by atoms with van der Waals surface area (Å²) in [6.07, 6.45) is 0. The Balaban J connectivity index is 1.74. The van der Waals surface area contributed by atoms with Gasteiger partial charge in [0.25, 0.3) is 0 Å². The van der Waals surface area contributed by atoms with E-state index >= 15 is 0 Å². The average molecular weight is 213 g/mol. The van der Waals surface area contributed by atoms with Crippen molar-refractivity contribution in [3.05, 3.63) is 22.4 Å². The quantitative estimate of drug-likeness (QED) is 0.825. The molecule has 0 aromatic carbocycles. The highest BCUT2D eigenvalue weighted by Crippen LogP contribution is 2.20. The number of thiophene rings is 1. The number of rotatable bonds is 4. The standard InChI is InChI=1S/C10H15NS2/c1-8(9-2-3-12-5-9)4-11-10-6-13-7-10/h2-3,5,8,10-11H,4,6-7H2,1H3. The normalized spacial score (nSPS) is 19.8. The van der Waals surface area contributed by atoms with E-state index in [-0.39, 0.29) is 0 Å². The zero-order valence-electron chi connectivity index (χ0n) is 7.82. The van der Waals surface area contributed by atoms with E-state index in [0.29, 0.717) is 5.92 Å². The number of nitrogens with one attached hydrogen (secondary N) is 1. The SMILES string of the molecule is CC(CNC1CSC1)c1ccsc1. The van der Waals surface area contributed by atoms with Crippen molar-refractivity contribution in [2.75, 3.05) is 18.1 Å². The van der Waals surface area contributed by atoms with Crippen LogP contribution in [0, 0.1) is 0 Å². The van der Waals surface area contributed by atoms with Gasteiger partial charge in [-0.05, 0) is 28.3 Å². The van der Waals surface area contributed by atoms with Crippen molar-refractivity contribution in [3.63, 3.8) is 0 Å². The van der Waals surface area contributed by atoms with E-state index in [4.69, 9.17) is 0 Å². The minimum atomic E-state index is 0.664. The van der Waals surface area contributed by atoms with Crippen molar-refractivity contribution in [2.24, 2.45) is 0 Å². The molecular weight excluding hydrogens is 198 g/mol. The maximum atomic E-state index is 3.59. The molecule has 0 saturated carbocycles. The lowest BCUT2D eigenvalue weighted by atomic mass is 10.1. The van der Waals surface area contributed by atoms with Gasteiger partial charge in [-0.1, -0.05) is 6.92 Å². The van der Waals surface area contributed by atoms with E-state index < -0.39 is 0 Å². The Hall–Kier alpha value is 0.01000. The first kappa shape index (κ1) is 9.56. The molecule has 1 fully saturated rings. The largest absolute Gasteiger partial charge is 0.312 e. The number of thioether (sulfide) groups is 1. The van der Waals surface area contributed by atoms with Crippen LogP contribution in [0.25, 0.3) is 0 Å². The van der Waals surface area contributed by atoms with E-state index in [1.165, 1.54) is 17.1 Å². The van der Waals surface area contributed by atoms with E-state index in [1.54, 1.807) is 11.3 Å². The fraction of sp³-hybridized carbons (Fsp3) is 0.600. The summed E-state index contributed by atoms with van der Waals surface area (Å²) in [5, 5.41) is 8.00. The summed E-state index contributed by atoms with van der Waals surface area (Å²) >= 11 is 3.82. The summed E-state index contributed by atoms with van der Waals surface area (Å²) < 4.78 is 0. The van der Waals surface area contributed by atoms with E-state index in [0.717, 1.165) is 12.6 Å². The molecule has 0 bridgehead atoms. The van der Waals surface area contributed by atoms with Crippen molar-refractivity contribution in [3.8, 4) is 0 Å². The molecule has 1 nitrogen and oxygen atoms in total. The topological polar surface area (TPSA) is 12.0 Å². The Bertz CT molecular complexity index is 241. The van der Waals surface area contributed by atoms with E-state index in [9.17, 15) is 0 Å². The molecule has 2 heterocycles. The van der Waals surface area contributed by atoms with Gasteiger partial charge in [0.05, 0.1) is 0 Å². The Morgan fingerprint density at radius 3 is 3.00 bits per heavy atom. The fourth-order valence-electron chi connectivity index (χ4n) is 1.37. The zero-order chi connectivity index (χ0) is 9.10. The summed E-state index contributed by atoms with van der Waals surface area (Å²) in [7, 11) is 0. The van der Waals surface area contributed by atoms with Crippen LogP contribution in [0.5, 0.6) is 0 Å². The molecule has 2 rings (SSSR count). The molecule has 0 spiro atoms. The van der Waals surface area contributed by atoms with Gasteiger partial charge in [0, 0.05) is 24.1 Å². The monoisotopic (exact) mass is 213 g/mol. The Morgan fingerprint density at radius 2 is 2.46 bits per heavy atom. The van der Waals surface area contributed by atoms with E-state index in [2.05, 4.69) is 29.1 Å². The summed E-state index contributed by atoms with van der Waals surface area (Å²) in [5.74, 6) is 3.27. The molecule has 1 aromatic heterocycles. The first-order valence-electron chi connectivity index (χ1n) is 4.69. The van der Waals surface area contributed by atoms with Crippen LogP contribution in [-0.4, -0.2) is 24.1 Å². The molecule has 1 aliphatic rings. The summed E-state index contributed by atoms with van der Waals surface area (Å²) in [6, 6.07) is 3.01. The Labute approximate surface area is 87.9 Å². The lowest BCUT2D eigenvalue weighted by Gasteiger charge is -2.27. The predicted molar refractivity (Wildman–Crippen MR) is 61.8 cm³/mol. The predicted octanol–water partition coefficient (Wildman–Crippen LogP) is 2.56. The summed E-state index contributed by atoms with van der Waals surface area (Å²) in [5.41, 5.74) is 1.48. The highest BCUT2D eigenvalue weighted by atomic mass is 32.2. The van der Waals surface area contributed by atoms with Crippen LogP contribution in [0.15, 0.2) is 16.8 Å². The van der Waals surface area contributed by atoms with Gasteiger partial charge in [-0.25, -0.2) is 0 Å². The van der Waals surface area contributed by atoms with Gasteiger partial charge in [0.15, 0.2) is 0 Å². The Morgan fingerprint density at radius 1 is 1.62 bits per heavy atom. The minimum absolute atomic E-state index is 0.664. The molecule has 1 atom stereocenters. The minimum Gasteiger partial charge on any atom is -0.312 e. The van der Waals surface area contributed by atoms with E-state index in [1.807, 2.05) is 11.8 Å². The molecule has 1 aromatic rings. The maximum Gasteiger partial charge on any atom is 0.0249 e. The van der Waals surface area contributed by atoms with Gasteiger partial charge in [-0.3, -0.25) is 0 Å². The molecule has 13 heavy (non-hydrogen) atoms. The van der Waals surface area contributed by atoms with Crippen LogP contribution in [-0.2, 0) is 0 Å². The molecule has 0 aliphatic carbocycles. The lowest BCUT2D eigenvalue weighted by Crippen LogP contribution is -2.41. The molecule has 1 unspecified atom stereocenters. The molecule has 3 heteroatoms. The van der Waals surface area contributed by atoms with Gasteiger partial charge in [-0.2, -0.15) is 23.1 Å². The summed E-state index contributed by atoms with van der Waals surface area (Å²) in [4.78, 5) is 0. The highest BCUT2D eigenvalue weighted by Gasteiger charge is 2.18. The zero-order valence-corrected chi connectivity index (χ0v) is 9.46. The van der Waals surface area contributed by atoms with Crippen LogP contribution < -0.4 is 5.32 Å². The third-order valence-corrected chi connectivity index (χ3v) is 4.44. The third kappa shape index (κ3) is 2.48. The molecular formula is C10H15NS2. The van der Waals surface area contributed by atoms with Crippen molar-refractivity contribution in [1.29, 1.82) is 0 Å². The van der Waals surface area contributed by atoms with Gasteiger partial charge < -0.3 is 5.32 Å². The second-order valence-corrected chi connectivity index (χ2v) is 5.46. The smallest absolute Gasteiger partial charge is 0.0249 e. The molecule has 72 valence electrons. The van der Waals surface area contributed by atoms with Gasteiger partial charge in [-0.15, -0.1) is 0 Å². The Kier molecular flexibility index (Phi) is 3.30. The van der Waals surface area contributed by atoms with Crippen LogP contribution in [0.3, 0.4) is 0 Å². The van der Waals surface area contributed by atoms with Gasteiger partial charge in [0.2, 0.25) is 0 Å². The van der Waals surface area contributed by atoms with Crippen LogP contribution in [0.4, 0.5) is 0 Å². The maximum absolute atomic E-state index is 3.59. The molecule has 0 radical (unpaired) electrons. The molecule has 1 saturated heterocycles. The van der Waals surface area contributed by atoms with Crippen molar-refractivity contribution < 1.29 is 0 Å². The average Bonchev–Trinajstić information content (AvgIpc) is 2.52. The molecule has 1 N–H and O–H groups in total.